The van der Waals surface area contributed by atoms with E-state index in [1.165, 1.54) is 18.2 Å². The number of carbonyl (C=O) groups is 1. The molecule has 0 radical (unpaired) electrons. The first-order valence-electron chi connectivity index (χ1n) is 6.77. The van der Waals surface area contributed by atoms with Crippen LogP contribution in [0.15, 0.2) is 65.8 Å². The molecule has 0 heterocycles. The number of aliphatic hydroxyl groups is 2. The van der Waals surface area contributed by atoms with Gasteiger partial charge in [0.2, 0.25) is 0 Å². The lowest BCUT2D eigenvalue weighted by molar-refractivity contribution is -0.133. The lowest BCUT2D eigenvalue weighted by Crippen LogP contribution is -2.26. The fourth-order valence-corrected chi connectivity index (χ4v) is 2.23. The highest BCUT2D eigenvalue weighted by molar-refractivity contribution is 5.87. The lowest BCUT2D eigenvalue weighted by atomic mass is 9.95. The highest BCUT2D eigenvalue weighted by Crippen LogP contribution is 2.23. The molecular weight excluding hydrogens is 268 g/mol. The zero-order chi connectivity index (χ0) is 15.3. The number of aliphatic carboxylic acids is 1. The van der Waals surface area contributed by atoms with E-state index in [-0.39, 0.29) is 12.0 Å². The van der Waals surface area contributed by atoms with Gasteiger partial charge < -0.3 is 15.3 Å². The first-order chi connectivity index (χ1) is 9.96. The smallest absolute Gasteiger partial charge is 0.331 e. The van der Waals surface area contributed by atoms with Gasteiger partial charge in [0.15, 0.2) is 5.79 Å². The summed E-state index contributed by atoms with van der Waals surface area (Å²) >= 11 is 0. The van der Waals surface area contributed by atoms with Crippen molar-refractivity contribution < 1.29 is 20.1 Å². The normalized spacial score (nSPS) is 17.4. The molecule has 0 saturated heterocycles. The molecule has 1 aliphatic carbocycles. The largest absolute Gasteiger partial charge is 0.478 e. The molecule has 4 heteroatoms. The highest BCUT2D eigenvalue weighted by Gasteiger charge is 2.23. The molecule has 0 bridgehead atoms. The van der Waals surface area contributed by atoms with Crippen LogP contribution < -0.4 is 0 Å². The first kappa shape index (κ1) is 15.2. The Labute approximate surface area is 123 Å². The molecule has 110 valence electrons. The Hall–Kier alpha value is -2.17. The molecule has 1 aromatic rings. The molecule has 2 rings (SSSR count). The van der Waals surface area contributed by atoms with Crippen molar-refractivity contribution in [2.45, 2.75) is 25.0 Å². The van der Waals surface area contributed by atoms with Crippen LogP contribution in [0.2, 0.25) is 0 Å². The SMILES string of the molecule is O=C(O)C(=CC1=CC=CC(O)(O)C1)CCc1ccccc1. The van der Waals surface area contributed by atoms with Gasteiger partial charge in [-0.25, -0.2) is 4.79 Å². The van der Waals surface area contributed by atoms with E-state index in [0.717, 1.165) is 5.56 Å². The van der Waals surface area contributed by atoms with E-state index in [1.54, 1.807) is 6.08 Å². The van der Waals surface area contributed by atoms with E-state index in [0.29, 0.717) is 18.4 Å². The Bertz CT molecular complexity index is 594. The maximum Gasteiger partial charge on any atom is 0.331 e. The highest BCUT2D eigenvalue weighted by atomic mass is 16.5. The Morgan fingerprint density at radius 1 is 1.24 bits per heavy atom. The molecule has 0 unspecified atom stereocenters. The predicted octanol–water partition coefficient (Wildman–Crippen LogP) is 2.20. The maximum atomic E-state index is 11.3. The molecule has 21 heavy (non-hydrogen) atoms. The number of hydrogen-bond acceptors (Lipinski definition) is 3. The van der Waals surface area contributed by atoms with Crippen molar-refractivity contribution >= 4 is 5.97 Å². The summed E-state index contributed by atoms with van der Waals surface area (Å²) in [5, 5.41) is 28.4. The van der Waals surface area contributed by atoms with Crippen LogP contribution >= 0.6 is 0 Å². The third-order valence-electron chi connectivity index (χ3n) is 3.30. The Balaban J connectivity index is 2.09. The van der Waals surface area contributed by atoms with Crippen LogP contribution in [0.5, 0.6) is 0 Å². The number of rotatable bonds is 5. The zero-order valence-corrected chi connectivity index (χ0v) is 11.6. The van der Waals surface area contributed by atoms with Crippen LogP contribution in [0.1, 0.15) is 18.4 Å². The topological polar surface area (TPSA) is 77.8 Å². The third kappa shape index (κ3) is 4.70. The molecule has 3 N–H and O–H groups in total. The molecule has 1 aromatic carbocycles. The number of hydrogen-bond donors (Lipinski definition) is 3. The second-order valence-corrected chi connectivity index (χ2v) is 5.12. The second kappa shape index (κ2) is 6.52. The number of carboxylic acids is 1. The molecule has 0 atom stereocenters. The van der Waals surface area contributed by atoms with Crippen molar-refractivity contribution in [3.8, 4) is 0 Å². The van der Waals surface area contributed by atoms with Crippen molar-refractivity contribution in [3.63, 3.8) is 0 Å². The van der Waals surface area contributed by atoms with Gasteiger partial charge in [-0.15, -0.1) is 0 Å². The van der Waals surface area contributed by atoms with E-state index in [2.05, 4.69) is 0 Å². The van der Waals surface area contributed by atoms with Gasteiger partial charge in [-0.2, -0.15) is 0 Å². The molecule has 1 aliphatic rings. The maximum absolute atomic E-state index is 11.3. The zero-order valence-electron chi connectivity index (χ0n) is 11.6. The molecule has 0 aromatic heterocycles. The molecule has 0 amide bonds. The van der Waals surface area contributed by atoms with Gasteiger partial charge in [-0.1, -0.05) is 42.5 Å². The van der Waals surface area contributed by atoms with Crippen LogP contribution in [0.3, 0.4) is 0 Å². The molecular formula is C17H18O4. The number of allylic oxidation sites excluding steroid dienone is 3. The van der Waals surface area contributed by atoms with Crippen LogP contribution in [0.4, 0.5) is 0 Å². The quantitative estimate of drug-likeness (QED) is 0.573. The average molecular weight is 286 g/mol. The summed E-state index contributed by atoms with van der Waals surface area (Å²) in [6.45, 7) is 0. The van der Waals surface area contributed by atoms with E-state index in [1.807, 2.05) is 30.3 Å². The van der Waals surface area contributed by atoms with Gasteiger partial charge in [0, 0.05) is 12.0 Å². The van der Waals surface area contributed by atoms with Crippen molar-refractivity contribution in [3.05, 3.63) is 71.3 Å². The summed E-state index contributed by atoms with van der Waals surface area (Å²) in [6, 6.07) is 9.65. The van der Waals surface area contributed by atoms with Crippen molar-refractivity contribution in [1.29, 1.82) is 0 Å². The lowest BCUT2D eigenvalue weighted by Gasteiger charge is -2.21. The van der Waals surface area contributed by atoms with Crippen LogP contribution in [0.25, 0.3) is 0 Å². The molecule has 0 aliphatic heterocycles. The minimum Gasteiger partial charge on any atom is -0.478 e. The summed E-state index contributed by atoms with van der Waals surface area (Å²) in [5.41, 5.74) is 1.92. The Kier molecular flexibility index (Phi) is 4.73. The molecule has 0 spiro atoms. The first-order valence-corrected chi connectivity index (χ1v) is 6.77. The van der Waals surface area contributed by atoms with E-state index in [9.17, 15) is 20.1 Å². The monoisotopic (exact) mass is 286 g/mol. The number of carboxylic acid groups (broad SMARTS) is 1. The predicted molar refractivity (Wildman–Crippen MR) is 79.5 cm³/mol. The summed E-state index contributed by atoms with van der Waals surface area (Å²) in [6.07, 6.45) is 7.02. The summed E-state index contributed by atoms with van der Waals surface area (Å²) in [5.74, 6) is -2.88. The van der Waals surface area contributed by atoms with Crippen LogP contribution in [-0.2, 0) is 11.2 Å². The van der Waals surface area contributed by atoms with Crippen molar-refractivity contribution in [2.75, 3.05) is 0 Å². The van der Waals surface area contributed by atoms with E-state index in [4.69, 9.17) is 0 Å². The van der Waals surface area contributed by atoms with Gasteiger partial charge in [0.25, 0.3) is 0 Å². The second-order valence-electron chi connectivity index (χ2n) is 5.12. The number of benzene rings is 1. The summed E-state index contributed by atoms with van der Waals surface area (Å²) in [4.78, 5) is 11.3. The number of aryl methyl sites for hydroxylation is 1. The van der Waals surface area contributed by atoms with E-state index < -0.39 is 11.8 Å². The molecule has 0 saturated carbocycles. The standard InChI is InChI=1S/C17H18O4/c18-16(19)15(9-8-13-5-2-1-3-6-13)11-14-7-4-10-17(20,21)12-14/h1-7,10-11,20-21H,8-9,12H2,(H,18,19). The Morgan fingerprint density at radius 3 is 2.57 bits per heavy atom. The Morgan fingerprint density at radius 2 is 1.95 bits per heavy atom. The van der Waals surface area contributed by atoms with Gasteiger partial charge >= 0.3 is 5.97 Å². The van der Waals surface area contributed by atoms with Crippen LogP contribution in [0, 0.1) is 0 Å². The third-order valence-corrected chi connectivity index (χ3v) is 3.30. The van der Waals surface area contributed by atoms with Gasteiger partial charge in [0.1, 0.15) is 0 Å². The van der Waals surface area contributed by atoms with Gasteiger partial charge in [-0.3, -0.25) is 0 Å². The van der Waals surface area contributed by atoms with Gasteiger partial charge in [0.05, 0.1) is 0 Å². The average Bonchev–Trinajstić information content (AvgIpc) is 2.43. The summed E-state index contributed by atoms with van der Waals surface area (Å²) < 4.78 is 0. The molecule has 4 nitrogen and oxygen atoms in total. The van der Waals surface area contributed by atoms with Crippen molar-refractivity contribution in [2.24, 2.45) is 0 Å². The van der Waals surface area contributed by atoms with Gasteiger partial charge in [-0.05, 0) is 36.1 Å². The minimum absolute atomic E-state index is 0.00832. The van der Waals surface area contributed by atoms with E-state index >= 15 is 0 Å². The van der Waals surface area contributed by atoms with Crippen LogP contribution in [-0.4, -0.2) is 27.1 Å². The fraction of sp³-hybridized carbons (Fsp3) is 0.235. The fourth-order valence-electron chi connectivity index (χ4n) is 2.23. The van der Waals surface area contributed by atoms with Crippen molar-refractivity contribution in [1.82, 2.24) is 0 Å². The summed E-state index contributed by atoms with van der Waals surface area (Å²) in [7, 11) is 0. The minimum atomic E-state index is -1.90. The molecule has 0 fully saturated rings.